The van der Waals surface area contributed by atoms with Gasteiger partial charge in [-0.1, -0.05) is 0 Å². The summed E-state index contributed by atoms with van der Waals surface area (Å²) in [5, 5.41) is 3.20. The molecule has 0 aromatic carbocycles. The number of carbonyl (C=O) groups excluding carboxylic acids is 1. The van der Waals surface area contributed by atoms with Crippen molar-refractivity contribution < 1.29 is 18.0 Å². The van der Waals surface area contributed by atoms with Gasteiger partial charge < -0.3 is 5.32 Å². The van der Waals surface area contributed by atoms with Crippen molar-refractivity contribution in [3.63, 3.8) is 0 Å². The molecule has 0 saturated carbocycles. The average molecular weight is 412 g/mol. The van der Waals surface area contributed by atoms with Crippen LogP contribution >= 0.6 is 11.3 Å². The van der Waals surface area contributed by atoms with Crippen LogP contribution in [0.15, 0.2) is 10.9 Å². The van der Waals surface area contributed by atoms with E-state index in [1.165, 1.54) is 11.5 Å². The van der Waals surface area contributed by atoms with Crippen molar-refractivity contribution >= 4 is 37.7 Å². The van der Waals surface area contributed by atoms with Gasteiger partial charge in [0.05, 0.1) is 5.52 Å². The molecule has 3 rings (SSSR count). The molecule has 0 spiro atoms. The molecule has 0 unspecified atom stereocenters. The summed E-state index contributed by atoms with van der Waals surface area (Å²) in [5.41, 5.74) is -1.28. The molecule has 1 amide bonds. The van der Waals surface area contributed by atoms with Crippen LogP contribution in [-0.2, 0) is 17.5 Å². The largest absolute Gasteiger partial charge is 0.433 e. The van der Waals surface area contributed by atoms with Crippen molar-refractivity contribution in [2.45, 2.75) is 52.9 Å². The number of amides is 1. The van der Waals surface area contributed by atoms with Crippen LogP contribution in [0.4, 0.5) is 13.2 Å². The first-order chi connectivity index (χ1) is 12.8. The second-order valence-corrected chi connectivity index (χ2v) is 8.63. The number of aryl methyl sites for hydroxylation is 2. The Balaban J connectivity index is 2.18. The summed E-state index contributed by atoms with van der Waals surface area (Å²) in [5.74, 6) is -0.0471. The highest BCUT2D eigenvalue weighted by Gasteiger charge is 2.34. The van der Waals surface area contributed by atoms with Gasteiger partial charge >= 0.3 is 6.18 Å². The molecule has 0 saturated heterocycles. The Labute approximate surface area is 162 Å². The van der Waals surface area contributed by atoms with Crippen LogP contribution in [0.5, 0.6) is 0 Å². The fourth-order valence-electron chi connectivity index (χ4n) is 2.94. The molecule has 150 valence electrons. The van der Waals surface area contributed by atoms with Crippen LogP contribution in [0, 0.1) is 13.8 Å². The maximum atomic E-state index is 13.1. The van der Waals surface area contributed by atoms with Gasteiger partial charge in [0.25, 0.3) is 5.56 Å². The first-order valence-corrected chi connectivity index (χ1v) is 9.29. The van der Waals surface area contributed by atoms with E-state index in [0.717, 1.165) is 17.4 Å². The van der Waals surface area contributed by atoms with E-state index >= 15 is 0 Å². The van der Waals surface area contributed by atoms with E-state index in [2.05, 4.69) is 15.3 Å². The number of halogens is 3. The zero-order chi connectivity index (χ0) is 21.0. The van der Waals surface area contributed by atoms with Crippen LogP contribution in [-0.4, -0.2) is 26.0 Å². The van der Waals surface area contributed by atoms with E-state index in [9.17, 15) is 22.8 Å². The maximum absolute atomic E-state index is 13.1. The van der Waals surface area contributed by atoms with Gasteiger partial charge in [0.15, 0.2) is 0 Å². The maximum Gasteiger partial charge on any atom is 0.433 e. The normalized spacial score (nSPS) is 12.7. The predicted molar refractivity (Wildman–Crippen MR) is 102 cm³/mol. The van der Waals surface area contributed by atoms with E-state index in [1.807, 2.05) is 20.8 Å². The number of pyridine rings is 1. The molecule has 1 N–H and O–H groups in total. The molecule has 10 heteroatoms. The van der Waals surface area contributed by atoms with Crippen LogP contribution in [0.3, 0.4) is 0 Å². The lowest BCUT2D eigenvalue weighted by Gasteiger charge is -2.21. The molecule has 3 aromatic rings. The zero-order valence-corrected chi connectivity index (χ0v) is 16.8. The molecule has 0 fully saturated rings. The van der Waals surface area contributed by atoms with Crippen molar-refractivity contribution in [3.05, 3.63) is 33.5 Å². The van der Waals surface area contributed by atoms with Crippen molar-refractivity contribution in [1.82, 2.24) is 19.9 Å². The number of alkyl halides is 3. The monoisotopic (exact) mass is 412 g/mol. The third-order valence-corrected chi connectivity index (χ3v) is 5.11. The van der Waals surface area contributed by atoms with Crippen molar-refractivity contribution in [3.8, 4) is 0 Å². The lowest BCUT2D eigenvalue weighted by molar-refractivity contribution is -0.141. The lowest BCUT2D eigenvalue weighted by atomic mass is 10.1. The van der Waals surface area contributed by atoms with Crippen LogP contribution in [0.2, 0.25) is 0 Å². The summed E-state index contributed by atoms with van der Waals surface area (Å²) < 4.78 is 40.6. The molecule has 0 bridgehead atoms. The number of rotatable bonds is 2. The number of carbonyl (C=O) groups is 1. The number of thiophene rings is 1. The highest BCUT2D eigenvalue weighted by Crippen LogP contribution is 2.36. The Kier molecular flexibility index (Phi) is 4.73. The molecule has 0 aliphatic rings. The van der Waals surface area contributed by atoms with Gasteiger partial charge in [-0.3, -0.25) is 14.2 Å². The summed E-state index contributed by atoms with van der Waals surface area (Å²) >= 11 is 0.857. The van der Waals surface area contributed by atoms with E-state index < -0.39 is 23.0 Å². The first kappa shape index (κ1) is 20.2. The number of hydrogen-bond acceptors (Lipinski definition) is 5. The molecule has 0 aliphatic heterocycles. The third-order valence-electron chi connectivity index (χ3n) is 4.04. The third kappa shape index (κ3) is 3.73. The van der Waals surface area contributed by atoms with Gasteiger partial charge in [-0.15, -0.1) is 11.3 Å². The summed E-state index contributed by atoms with van der Waals surface area (Å²) in [6.45, 7) is 8.35. The molecule has 28 heavy (non-hydrogen) atoms. The average Bonchev–Trinajstić information content (AvgIpc) is 2.88. The summed E-state index contributed by atoms with van der Waals surface area (Å²) in [6.07, 6.45) is -4.58. The summed E-state index contributed by atoms with van der Waals surface area (Å²) in [7, 11) is 0. The van der Waals surface area contributed by atoms with Gasteiger partial charge in [0.2, 0.25) is 5.91 Å². The van der Waals surface area contributed by atoms with E-state index in [4.69, 9.17) is 0 Å². The minimum atomic E-state index is -4.58. The van der Waals surface area contributed by atoms with E-state index in [1.54, 1.807) is 6.92 Å². The Morgan fingerprint density at radius 3 is 2.43 bits per heavy atom. The van der Waals surface area contributed by atoms with Crippen LogP contribution < -0.4 is 10.9 Å². The fourth-order valence-corrected chi connectivity index (χ4v) is 4.08. The molecular weight excluding hydrogens is 393 g/mol. The Hall–Kier alpha value is -2.49. The number of aromatic nitrogens is 3. The molecule has 3 aromatic heterocycles. The van der Waals surface area contributed by atoms with Gasteiger partial charge in [0.1, 0.15) is 27.6 Å². The molecule has 0 aliphatic carbocycles. The molecular formula is C18H19F3N4O2S. The number of nitrogens with one attached hydrogen (secondary N) is 1. The Bertz CT molecular complexity index is 1160. The predicted octanol–water partition coefficient (Wildman–Crippen LogP) is 3.56. The highest BCUT2D eigenvalue weighted by atomic mass is 32.1. The quantitative estimate of drug-likeness (QED) is 0.698. The second-order valence-electron chi connectivity index (χ2n) is 7.63. The van der Waals surface area contributed by atoms with Gasteiger partial charge in [-0.25, -0.2) is 9.97 Å². The van der Waals surface area contributed by atoms with Crippen LogP contribution in [0.25, 0.3) is 20.4 Å². The first-order valence-electron chi connectivity index (χ1n) is 8.47. The topological polar surface area (TPSA) is 76.9 Å². The van der Waals surface area contributed by atoms with Gasteiger partial charge in [-0.05, 0) is 46.2 Å². The van der Waals surface area contributed by atoms with E-state index in [-0.39, 0.29) is 22.0 Å². The van der Waals surface area contributed by atoms with Gasteiger partial charge in [0, 0.05) is 10.9 Å². The van der Waals surface area contributed by atoms with Crippen molar-refractivity contribution in [1.29, 1.82) is 0 Å². The Morgan fingerprint density at radius 1 is 1.21 bits per heavy atom. The Morgan fingerprint density at radius 2 is 1.86 bits per heavy atom. The summed E-state index contributed by atoms with van der Waals surface area (Å²) in [6, 6.07) is 0.952. The van der Waals surface area contributed by atoms with Crippen molar-refractivity contribution in [2.24, 2.45) is 0 Å². The molecule has 0 atom stereocenters. The second kappa shape index (κ2) is 6.54. The fraction of sp³-hybridized carbons (Fsp3) is 0.444. The molecule has 0 radical (unpaired) electrons. The minimum Gasteiger partial charge on any atom is -0.350 e. The van der Waals surface area contributed by atoms with Crippen LogP contribution in [0.1, 0.15) is 37.9 Å². The number of hydrogen-bond donors (Lipinski definition) is 1. The molecule has 3 heterocycles. The highest BCUT2D eigenvalue weighted by molar-refractivity contribution is 7.25. The minimum absolute atomic E-state index is 0.100. The smallest absolute Gasteiger partial charge is 0.350 e. The van der Waals surface area contributed by atoms with Gasteiger partial charge in [-0.2, -0.15) is 13.2 Å². The zero-order valence-electron chi connectivity index (χ0n) is 16.0. The van der Waals surface area contributed by atoms with Crippen molar-refractivity contribution in [2.75, 3.05) is 0 Å². The lowest BCUT2D eigenvalue weighted by Crippen LogP contribution is -2.43. The number of nitrogens with zero attached hydrogens (tertiary/aromatic N) is 3. The summed E-state index contributed by atoms with van der Waals surface area (Å²) in [4.78, 5) is 33.3. The SMILES string of the molecule is Cc1cc(C(F)(F)F)nc2sc3c(=O)n(CC(=O)NC(C)(C)C)c(C)nc3c12. The number of fused-ring (bicyclic) bond motifs is 3. The van der Waals surface area contributed by atoms with E-state index in [0.29, 0.717) is 22.3 Å². The standard InChI is InChI=1S/C18H19F3N4O2S/c1-8-6-10(18(19,20)21)23-15-12(8)13-14(28-15)16(27)25(9(2)22-13)7-11(26)24-17(3,4)5/h6H,7H2,1-5H3,(H,24,26). The molecule has 6 nitrogen and oxygen atoms in total.